The highest BCUT2D eigenvalue weighted by Crippen LogP contribution is 2.17. The fraction of sp³-hybridized carbons (Fsp3) is 0.312. The van der Waals surface area contributed by atoms with E-state index in [0.717, 1.165) is 19.5 Å². The fourth-order valence-corrected chi connectivity index (χ4v) is 3.00. The number of nitrogens with one attached hydrogen (secondary N) is 1. The SMILES string of the molecule is CC[C@@H]1C=CCN1Cc1ccc(C(=O)Nc2cnns2)cc1. The Morgan fingerprint density at radius 2 is 2.23 bits per heavy atom. The number of amides is 1. The van der Waals surface area contributed by atoms with E-state index in [4.69, 9.17) is 0 Å². The number of benzene rings is 1. The average molecular weight is 314 g/mol. The molecule has 2 heterocycles. The van der Waals surface area contributed by atoms with Crippen molar-refractivity contribution < 1.29 is 4.79 Å². The third-order valence-electron chi connectivity index (χ3n) is 3.79. The van der Waals surface area contributed by atoms with E-state index in [1.807, 2.05) is 24.3 Å². The van der Waals surface area contributed by atoms with Crippen molar-refractivity contribution in [2.24, 2.45) is 0 Å². The Balaban J connectivity index is 1.61. The van der Waals surface area contributed by atoms with Gasteiger partial charge in [-0.1, -0.05) is 35.7 Å². The lowest BCUT2D eigenvalue weighted by Crippen LogP contribution is -2.28. The first-order chi connectivity index (χ1) is 10.8. The molecule has 22 heavy (non-hydrogen) atoms. The summed E-state index contributed by atoms with van der Waals surface area (Å²) in [5.74, 6) is -0.133. The Labute approximate surface area is 133 Å². The molecule has 0 spiro atoms. The second-order valence-electron chi connectivity index (χ2n) is 5.27. The second kappa shape index (κ2) is 6.81. The van der Waals surface area contributed by atoms with E-state index in [1.165, 1.54) is 17.1 Å². The maximum Gasteiger partial charge on any atom is 0.256 e. The van der Waals surface area contributed by atoms with Crippen molar-refractivity contribution in [3.63, 3.8) is 0 Å². The molecule has 6 heteroatoms. The monoisotopic (exact) mass is 314 g/mol. The summed E-state index contributed by atoms with van der Waals surface area (Å²) in [5, 5.41) is 7.13. The van der Waals surface area contributed by atoms with Crippen molar-refractivity contribution in [1.29, 1.82) is 0 Å². The predicted octanol–water partition coefficient (Wildman–Crippen LogP) is 2.94. The molecule has 1 aliphatic rings. The summed E-state index contributed by atoms with van der Waals surface area (Å²) in [7, 11) is 0. The lowest BCUT2D eigenvalue weighted by molar-refractivity contribution is 0.102. The lowest BCUT2D eigenvalue weighted by Gasteiger charge is -2.23. The van der Waals surface area contributed by atoms with Gasteiger partial charge in [0.2, 0.25) is 0 Å². The topological polar surface area (TPSA) is 58.1 Å². The number of hydrogen-bond acceptors (Lipinski definition) is 5. The van der Waals surface area contributed by atoms with Gasteiger partial charge >= 0.3 is 0 Å². The first-order valence-electron chi connectivity index (χ1n) is 7.34. The van der Waals surface area contributed by atoms with Gasteiger partial charge in [0.25, 0.3) is 5.91 Å². The van der Waals surface area contributed by atoms with Gasteiger partial charge in [0, 0.05) is 36.2 Å². The van der Waals surface area contributed by atoms with Gasteiger partial charge in [0.1, 0.15) is 5.00 Å². The van der Waals surface area contributed by atoms with Crippen LogP contribution in [0.15, 0.2) is 42.6 Å². The van der Waals surface area contributed by atoms with E-state index in [1.54, 1.807) is 6.20 Å². The van der Waals surface area contributed by atoms with Gasteiger partial charge in [-0.15, -0.1) is 5.10 Å². The molecule has 1 aromatic heterocycles. The average Bonchev–Trinajstić information content (AvgIpc) is 3.19. The first kappa shape index (κ1) is 14.9. The Hall–Kier alpha value is -2.05. The van der Waals surface area contributed by atoms with Gasteiger partial charge in [-0.05, 0) is 24.1 Å². The summed E-state index contributed by atoms with van der Waals surface area (Å²) < 4.78 is 3.72. The Kier molecular flexibility index (Phi) is 4.60. The summed E-state index contributed by atoms with van der Waals surface area (Å²) >= 11 is 1.17. The third-order valence-corrected chi connectivity index (χ3v) is 4.37. The Morgan fingerprint density at radius 1 is 1.41 bits per heavy atom. The minimum Gasteiger partial charge on any atom is -0.311 e. The largest absolute Gasteiger partial charge is 0.311 e. The summed E-state index contributed by atoms with van der Waals surface area (Å²) in [6, 6.07) is 8.30. The van der Waals surface area contributed by atoms with Crippen molar-refractivity contribution in [1.82, 2.24) is 14.5 Å². The van der Waals surface area contributed by atoms with E-state index in [-0.39, 0.29) is 5.91 Å². The van der Waals surface area contributed by atoms with Gasteiger partial charge in [-0.25, -0.2) is 0 Å². The smallest absolute Gasteiger partial charge is 0.256 e. The first-order valence-corrected chi connectivity index (χ1v) is 8.12. The van der Waals surface area contributed by atoms with Crippen molar-refractivity contribution in [3.05, 3.63) is 53.7 Å². The predicted molar refractivity (Wildman–Crippen MR) is 87.9 cm³/mol. The zero-order valence-corrected chi connectivity index (χ0v) is 13.2. The highest BCUT2D eigenvalue weighted by atomic mass is 32.1. The van der Waals surface area contributed by atoms with E-state index < -0.39 is 0 Å². The number of carbonyl (C=O) groups excluding carboxylic acids is 1. The van der Waals surface area contributed by atoms with Crippen LogP contribution in [0.5, 0.6) is 0 Å². The molecule has 0 radical (unpaired) electrons. The highest BCUT2D eigenvalue weighted by Gasteiger charge is 2.17. The zero-order valence-electron chi connectivity index (χ0n) is 12.4. The molecule has 0 saturated carbocycles. The molecule has 0 fully saturated rings. The van der Waals surface area contributed by atoms with E-state index in [0.29, 0.717) is 16.6 Å². The van der Waals surface area contributed by atoms with Crippen molar-refractivity contribution in [2.75, 3.05) is 11.9 Å². The van der Waals surface area contributed by atoms with Crippen LogP contribution in [-0.2, 0) is 6.54 Å². The number of carbonyl (C=O) groups is 1. The lowest BCUT2D eigenvalue weighted by atomic mass is 10.1. The van der Waals surface area contributed by atoms with Crippen molar-refractivity contribution in [2.45, 2.75) is 25.9 Å². The summed E-state index contributed by atoms with van der Waals surface area (Å²) in [4.78, 5) is 14.5. The van der Waals surface area contributed by atoms with Crippen LogP contribution >= 0.6 is 11.5 Å². The maximum absolute atomic E-state index is 12.1. The van der Waals surface area contributed by atoms with Gasteiger partial charge < -0.3 is 5.32 Å². The second-order valence-corrected chi connectivity index (χ2v) is 6.05. The van der Waals surface area contributed by atoms with Crippen LogP contribution in [0.4, 0.5) is 5.00 Å². The molecule has 5 nitrogen and oxygen atoms in total. The molecule has 0 bridgehead atoms. The van der Waals surface area contributed by atoms with Crippen molar-refractivity contribution in [3.8, 4) is 0 Å². The molecule has 0 saturated heterocycles. The molecule has 3 rings (SSSR count). The number of aromatic nitrogens is 2. The molecule has 0 aliphatic carbocycles. The van der Waals surface area contributed by atoms with E-state index >= 15 is 0 Å². The van der Waals surface area contributed by atoms with Gasteiger partial charge in [0.05, 0.1) is 6.20 Å². The number of rotatable bonds is 5. The minimum absolute atomic E-state index is 0.133. The van der Waals surface area contributed by atoms with Crippen LogP contribution < -0.4 is 5.32 Å². The molecule has 0 unspecified atom stereocenters. The maximum atomic E-state index is 12.1. The molecule has 1 aliphatic heterocycles. The fourth-order valence-electron chi connectivity index (χ4n) is 2.59. The highest BCUT2D eigenvalue weighted by molar-refractivity contribution is 7.10. The Bertz CT molecular complexity index is 651. The quantitative estimate of drug-likeness (QED) is 0.862. The molecule has 1 atom stereocenters. The molecule has 1 amide bonds. The van der Waals surface area contributed by atoms with Crippen LogP contribution in [0.25, 0.3) is 0 Å². The van der Waals surface area contributed by atoms with Crippen LogP contribution in [-0.4, -0.2) is 33.0 Å². The molecule has 114 valence electrons. The van der Waals surface area contributed by atoms with Crippen molar-refractivity contribution >= 4 is 22.4 Å². The summed E-state index contributed by atoms with van der Waals surface area (Å²) in [6.07, 6.45) is 7.16. The molecule has 1 N–H and O–H groups in total. The normalized spacial score (nSPS) is 17.8. The molecular formula is C16H18N4OS. The van der Waals surface area contributed by atoms with Crippen LogP contribution in [0.2, 0.25) is 0 Å². The van der Waals surface area contributed by atoms with Crippen LogP contribution in [0, 0.1) is 0 Å². The van der Waals surface area contributed by atoms with Gasteiger partial charge in [0.15, 0.2) is 0 Å². The van der Waals surface area contributed by atoms with Crippen LogP contribution in [0.1, 0.15) is 29.3 Å². The summed E-state index contributed by atoms with van der Waals surface area (Å²) in [5.41, 5.74) is 1.86. The Morgan fingerprint density at radius 3 is 2.91 bits per heavy atom. The molecule has 2 aromatic rings. The van der Waals surface area contributed by atoms with Gasteiger partial charge in [-0.3, -0.25) is 9.69 Å². The number of nitrogens with zero attached hydrogens (tertiary/aromatic N) is 3. The summed E-state index contributed by atoms with van der Waals surface area (Å²) in [6.45, 7) is 4.11. The molecule has 1 aromatic carbocycles. The minimum atomic E-state index is -0.133. The molecular weight excluding hydrogens is 296 g/mol. The zero-order chi connectivity index (χ0) is 15.4. The van der Waals surface area contributed by atoms with E-state index in [2.05, 4.69) is 38.9 Å². The van der Waals surface area contributed by atoms with Gasteiger partial charge in [-0.2, -0.15) is 0 Å². The third kappa shape index (κ3) is 3.40. The van der Waals surface area contributed by atoms with E-state index in [9.17, 15) is 4.79 Å². The number of hydrogen-bond donors (Lipinski definition) is 1. The standard InChI is InChI=1S/C16H18N4OS/c1-2-14-4-3-9-20(14)11-12-5-7-13(8-6-12)16(21)18-15-10-17-19-22-15/h3-8,10,14H,2,9,11H2,1H3,(H,18,21)/t14-/m1/s1. The number of anilines is 1. The van der Waals surface area contributed by atoms with Crippen LogP contribution in [0.3, 0.4) is 0 Å².